The molecule has 0 saturated heterocycles. The van der Waals surface area contributed by atoms with E-state index < -0.39 is 0 Å². The standard InChI is InChI=1S/C10H16N4O.ClH/c11-7-1-3-8(4-2-7)13-10(15)9-5-6-12-14-9;/h5-8H,1-4,11H2,(H,12,14)(H,13,15);1H. The zero-order chi connectivity index (χ0) is 10.7. The summed E-state index contributed by atoms with van der Waals surface area (Å²) < 4.78 is 0. The van der Waals surface area contributed by atoms with E-state index in [0.29, 0.717) is 11.7 Å². The third kappa shape index (κ3) is 3.21. The number of nitrogens with one attached hydrogen (secondary N) is 2. The molecule has 5 nitrogen and oxygen atoms in total. The summed E-state index contributed by atoms with van der Waals surface area (Å²) in [7, 11) is 0. The smallest absolute Gasteiger partial charge is 0.269 e. The molecular weight excluding hydrogens is 228 g/mol. The fraction of sp³-hybridized carbons (Fsp3) is 0.600. The van der Waals surface area contributed by atoms with Gasteiger partial charge in [0.2, 0.25) is 0 Å². The summed E-state index contributed by atoms with van der Waals surface area (Å²) in [5.41, 5.74) is 6.31. The Labute approximate surface area is 101 Å². The first-order chi connectivity index (χ1) is 7.25. The highest BCUT2D eigenvalue weighted by atomic mass is 35.5. The van der Waals surface area contributed by atoms with Crippen LogP contribution in [0.25, 0.3) is 0 Å². The molecule has 1 fully saturated rings. The summed E-state index contributed by atoms with van der Waals surface area (Å²) in [5, 5.41) is 9.37. The number of halogens is 1. The van der Waals surface area contributed by atoms with Crippen molar-refractivity contribution in [3.63, 3.8) is 0 Å². The van der Waals surface area contributed by atoms with Crippen LogP contribution in [0, 0.1) is 0 Å². The van der Waals surface area contributed by atoms with Crippen molar-refractivity contribution >= 4 is 18.3 Å². The Balaban J connectivity index is 0.00000128. The number of carbonyl (C=O) groups is 1. The Morgan fingerprint density at radius 3 is 2.69 bits per heavy atom. The maximum Gasteiger partial charge on any atom is 0.269 e. The molecule has 2 rings (SSSR count). The molecule has 6 heteroatoms. The third-order valence-electron chi connectivity index (χ3n) is 2.85. The van der Waals surface area contributed by atoms with Crippen molar-refractivity contribution in [3.8, 4) is 0 Å². The van der Waals surface area contributed by atoms with E-state index in [0.717, 1.165) is 25.7 Å². The van der Waals surface area contributed by atoms with Gasteiger partial charge < -0.3 is 11.1 Å². The summed E-state index contributed by atoms with van der Waals surface area (Å²) in [4.78, 5) is 11.6. The minimum atomic E-state index is -0.0760. The molecular formula is C10H17ClN4O. The van der Waals surface area contributed by atoms with Gasteiger partial charge in [0, 0.05) is 18.3 Å². The third-order valence-corrected chi connectivity index (χ3v) is 2.85. The van der Waals surface area contributed by atoms with E-state index in [1.54, 1.807) is 12.3 Å². The molecule has 1 amide bonds. The lowest BCUT2D eigenvalue weighted by atomic mass is 9.92. The number of nitrogens with zero attached hydrogens (tertiary/aromatic N) is 1. The zero-order valence-corrected chi connectivity index (χ0v) is 9.80. The van der Waals surface area contributed by atoms with Gasteiger partial charge in [0.05, 0.1) is 0 Å². The number of rotatable bonds is 2. The average molecular weight is 245 g/mol. The molecule has 4 N–H and O–H groups in total. The molecule has 90 valence electrons. The molecule has 1 aliphatic carbocycles. The van der Waals surface area contributed by atoms with E-state index >= 15 is 0 Å². The molecule has 16 heavy (non-hydrogen) atoms. The number of H-pyrrole nitrogens is 1. The van der Waals surface area contributed by atoms with Crippen LogP contribution in [0.5, 0.6) is 0 Å². The maximum absolute atomic E-state index is 11.6. The number of amides is 1. The molecule has 0 atom stereocenters. The van der Waals surface area contributed by atoms with E-state index in [2.05, 4.69) is 15.5 Å². The molecule has 0 unspecified atom stereocenters. The monoisotopic (exact) mass is 244 g/mol. The molecule has 0 radical (unpaired) electrons. The number of hydrogen-bond donors (Lipinski definition) is 3. The lowest BCUT2D eigenvalue weighted by Gasteiger charge is -2.26. The highest BCUT2D eigenvalue weighted by molar-refractivity contribution is 5.92. The summed E-state index contributed by atoms with van der Waals surface area (Å²) in [5.74, 6) is -0.0760. The van der Waals surface area contributed by atoms with Crippen molar-refractivity contribution in [2.45, 2.75) is 37.8 Å². The molecule has 0 spiro atoms. The first-order valence-electron chi connectivity index (χ1n) is 5.31. The van der Waals surface area contributed by atoms with Gasteiger partial charge in [0.25, 0.3) is 5.91 Å². The van der Waals surface area contributed by atoms with E-state index in [9.17, 15) is 4.79 Å². The molecule has 0 aliphatic heterocycles. The maximum atomic E-state index is 11.6. The summed E-state index contributed by atoms with van der Waals surface area (Å²) in [6.07, 6.45) is 5.51. The van der Waals surface area contributed by atoms with Crippen molar-refractivity contribution in [1.82, 2.24) is 15.5 Å². The quantitative estimate of drug-likeness (QED) is 0.721. The Morgan fingerprint density at radius 2 is 2.12 bits per heavy atom. The van der Waals surface area contributed by atoms with E-state index in [1.165, 1.54) is 0 Å². The highest BCUT2D eigenvalue weighted by Gasteiger charge is 2.20. The van der Waals surface area contributed by atoms with E-state index in [1.807, 2.05) is 0 Å². The van der Waals surface area contributed by atoms with Crippen LogP contribution in [-0.2, 0) is 0 Å². The second-order valence-electron chi connectivity index (χ2n) is 4.06. The van der Waals surface area contributed by atoms with Crippen LogP contribution in [0.4, 0.5) is 0 Å². The van der Waals surface area contributed by atoms with Gasteiger partial charge in [-0.05, 0) is 31.7 Å². The van der Waals surface area contributed by atoms with Gasteiger partial charge in [-0.15, -0.1) is 12.4 Å². The van der Waals surface area contributed by atoms with Crippen molar-refractivity contribution in [3.05, 3.63) is 18.0 Å². The molecule has 1 saturated carbocycles. The van der Waals surface area contributed by atoms with Crippen molar-refractivity contribution in [2.75, 3.05) is 0 Å². The van der Waals surface area contributed by atoms with Crippen molar-refractivity contribution in [1.29, 1.82) is 0 Å². The normalized spacial score (nSPS) is 24.6. The molecule has 1 aromatic heterocycles. The summed E-state index contributed by atoms with van der Waals surface area (Å²) >= 11 is 0. The van der Waals surface area contributed by atoms with Gasteiger partial charge >= 0.3 is 0 Å². The van der Waals surface area contributed by atoms with Gasteiger partial charge in [-0.2, -0.15) is 5.10 Å². The molecule has 1 aromatic rings. The van der Waals surface area contributed by atoms with Crippen molar-refractivity contribution < 1.29 is 4.79 Å². The van der Waals surface area contributed by atoms with E-state index in [4.69, 9.17) is 5.73 Å². The average Bonchev–Trinajstić information content (AvgIpc) is 2.74. The lowest BCUT2D eigenvalue weighted by Crippen LogP contribution is -2.40. The molecule has 0 bridgehead atoms. The van der Waals surface area contributed by atoms with Crippen LogP contribution >= 0.6 is 12.4 Å². The zero-order valence-electron chi connectivity index (χ0n) is 8.98. The van der Waals surface area contributed by atoms with Gasteiger partial charge in [0.15, 0.2) is 0 Å². The van der Waals surface area contributed by atoms with Gasteiger partial charge in [-0.25, -0.2) is 0 Å². The largest absolute Gasteiger partial charge is 0.348 e. The number of hydrogen-bond acceptors (Lipinski definition) is 3. The summed E-state index contributed by atoms with van der Waals surface area (Å²) in [6, 6.07) is 2.25. The first-order valence-corrected chi connectivity index (χ1v) is 5.31. The van der Waals surface area contributed by atoms with Gasteiger partial charge in [-0.3, -0.25) is 9.89 Å². The topological polar surface area (TPSA) is 83.8 Å². The predicted molar refractivity (Wildman–Crippen MR) is 63.5 cm³/mol. The fourth-order valence-electron chi connectivity index (χ4n) is 1.91. The van der Waals surface area contributed by atoms with Crippen LogP contribution in [-0.4, -0.2) is 28.2 Å². The number of aromatic amines is 1. The SMILES string of the molecule is Cl.NC1CCC(NC(=O)c2ccn[nH]2)CC1. The predicted octanol–water partition coefficient (Wildman–Crippen LogP) is 0.831. The van der Waals surface area contributed by atoms with Crippen LogP contribution < -0.4 is 11.1 Å². The van der Waals surface area contributed by atoms with Gasteiger partial charge in [-0.1, -0.05) is 0 Å². The van der Waals surface area contributed by atoms with Crippen LogP contribution in [0.2, 0.25) is 0 Å². The van der Waals surface area contributed by atoms with Gasteiger partial charge in [0.1, 0.15) is 5.69 Å². The van der Waals surface area contributed by atoms with Crippen LogP contribution in [0.1, 0.15) is 36.2 Å². The molecule has 0 aromatic carbocycles. The van der Waals surface area contributed by atoms with Crippen molar-refractivity contribution in [2.24, 2.45) is 5.73 Å². The second-order valence-corrected chi connectivity index (χ2v) is 4.06. The summed E-state index contributed by atoms with van der Waals surface area (Å²) in [6.45, 7) is 0. The lowest BCUT2D eigenvalue weighted by molar-refractivity contribution is 0.0921. The Bertz CT molecular complexity index is 320. The van der Waals surface area contributed by atoms with E-state index in [-0.39, 0.29) is 24.4 Å². The fourth-order valence-corrected chi connectivity index (χ4v) is 1.91. The molecule has 1 aliphatic rings. The Morgan fingerprint density at radius 1 is 1.44 bits per heavy atom. The highest BCUT2D eigenvalue weighted by Crippen LogP contribution is 2.17. The Kier molecular flexibility index (Phi) is 4.76. The number of aromatic nitrogens is 2. The minimum absolute atomic E-state index is 0. The number of carbonyl (C=O) groups excluding carboxylic acids is 1. The second kappa shape index (κ2) is 5.86. The van der Waals surface area contributed by atoms with Crippen LogP contribution in [0.15, 0.2) is 12.3 Å². The van der Waals surface area contributed by atoms with Crippen LogP contribution in [0.3, 0.4) is 0 Å². The first kappa shape index (κ1) is 13.0. The number of nitrogens with two attached hydrogens (primary N) is 1. The minimum Gasteiger partial charge on any atom is -0.348 e. The molecule has 1 heterocycles. The Hall–Kier alpha value is -1.07.